The second kappa shape index (κ2) is 14.7. The van der Waals surface area contributed by atoms with Gasteiger partial charge in [0.25, 0.3) is 11.5 Å². The van der Waals surface area contributed by atoms with E-state index in [1.807, 2.05) is 20.8 Å². The van der Waals surface area contributed by atoms with Gasteiger partial charge in [-0.1, -0.05) is 65.8 Å². The molecule has 258 valence electrons. The summed E-state index contributed by atoms with van der Waals surface area (Å²) in [5, 5.41) is 5.84. The van der Waals surface area contributed by atoms with Gasteiger partial charge in [-0.3, -0.25) is 23.9 Å². The van der Waals surface area contributed by atoms with Crippen LogP contribution < -0.4 is 21.9 Å². The van der Waals surface area contributed by atoms with Crippen LogP contribution >= 0.6 is 0 Å². The van der Waals surface area contributed by atoms with Crippen molar-refractivity contribution in [1.82, 2.24) is 25.1 Å². The first kappa shape index (κ1) is 37.3. The average Bonchev–Trinajstić information content (AvgIpc) is 2.93. The Morgan fingerprint density at radius 2 is 1.70 bits per heavy atom. The van der Waals surface area contributed by atoms with E-state index in [2.05, 4.69) is 42.5 Å². The molecule has 0 spiro atoms. The van der Waals surface area contributed by atoms with Crippen molar-refractivity contribution < 1.29 is 19.1 Å². The first-order valence-corrected chi connectivity index (χ1v) is 16.3. The Bertz CT molecular complexity index is 1600. The molecule has 1 aliphatic carbocycles. The molecule has 1 aromatic carbocycles. The van der Waals surface area contributed by atoms with Gasteiger partial charge < -0.3 is 20.3 Å². The van der Waals surface area contributed by atoms with E-state index < -0.39 is 40.3 Å². The molecular weight excluding hydrogens is 598 g/mol. The van der Waals surface area contributed by atoms with Gasteiger partial charge in [-0.15, -0.1) is 0 Å². The number of nitrogens with one attached hydrogen (secondary N) is 3. The Morgan fingerprint density at radius 3 is 2.28 bits per heavy atom. The summed E-state index contributed by atoms with van der Waals surface area (Å²) in [6.45, 7) is 19.4. The molecule has 11 heteroatoms. The minimum absolute atomic E-state index is 0.0185. The summed E-state index contributed by atoms with van der Waals surface area (Å²) < 4.78 is 6.73. The van der Waals surface area contributed by atoms with Gasteiger partial charge in [0, 0.05) is 36.1 Å². The molecule has 11 nitrogen and oxygen atoms in total. The molecule has 0 bridgehead atoms. The Balaban J connectivity index is 1.99. The number of H-pyrrole nitrogens is 1. The van der Waals surface area contributed by atoms with Crippen LogP contribution in [0.2, 0.25) is 0 Å². The van der Waals surface area contributed by atoms with Crippen molar-refractivity contribution in [3.8, 4) is 0 Å². The monoisotopic (exact) mass is 651 g/mol. The topological polar surface area (TPSA) is 143 Å². The predicted octanol–water partition coefficient (Wildman–Crippen LogP) is 5.12. The van der Waals surface area contributed by atoms with E-state index >= 15 is 0 Å². The second-order valence-corrected chi connectivity index (χ2v) is 15.6. The SMILES string of the molecule is Cc1cn(Cc2ccccc2C(=O)N(CCNC(=O)OC(C)(C)C)C(C(=O)NC2=CCC(C(C)(C)C)CC2)C(C)(C)C)c(=O)[nH]c1=O. The van der Waals surface area contributed by atoms with Crippen molar-refractivity contribution in [2.24, 2.45) is 16.7 Å². The van der Waals surface area contributed by atoms with Crippen molar-refractivity contribution in [1.29, 1.82) is 0 Å². The molecular formula is C36H53N5O6. The Kier molecular flexibility index (Phi) is 11.7. The third-order valence-electron chi connectivity index (χ3n) is 8.36. The summed E-state index contributed by atoms with van der Waals surface area (Å²) in [7, 11) is 0. The van der Waals surface area contributed by atoms with Crippen LogP contribution in [-0.2, 0) is 16.1 Å². The van der Waals surface area contributed by atoms with Gasteiger partial charge in [0.05, 0.1) is 6.54 Å². The fraction of sp³-hybridized carbons (Fsp3) is 0.583. The van der Waals surface area contributed by atoms with Crippen LogP contribution in [0.3, 0.4) is 0 Å². The number of aromatic amines is 1. The van der Waals surface area contributed by atoms with Crippen LogP contribution in [-0.4, -0.2) is 57.1 Å². The van der Waals surface area contributed by atoms with Gasteiger partial charge >= 0.3 is 11.8 Å². The third kappa shape index (κ3) is 10.4. The molecule has 1 aromatic heterocycles. The molecule has 2 aromatic rings. The Hall–Kier alpha value is -4.15. The van der Waals surface area contributed by atoms with E-state index in [0.717, 1.165) is 25.0 Å². The van der Waals surface area contributed by atoms with Crippen molar-refractivity contribution in [2.45, 2.75) is 107 Å². The summed E-state index contributed by atoms with van der Waals surface area (Å²) in [4.78, 5) is 69.6. The molecule has 3 amide bonds. The molecule has 0 aliphatic heterocycles. The molecule has 0 saturated heterocycles. The smallest absolute Gasteiger partial charge is 0.407 e. The number of ether oxygens (including phenoxy) is 1. The molecule has 0 saturated carbocycles. The standard InChI is InChI=1S/C36H53N5O6/c1-23-21-40(32(45)39-29(23)42)22-24-13-11-12-14-27(24)31(44)41(20-19-37-33(46)47-36(8,9)10)28(35(5,6)7)30(43)38-26-17-15-25(16-18-26)34(2,3)4/h11-14,17,21,25,28H,15-16,18-20,22H2,1-10H3,(H,37,46)(H,38,43)(H,39,42,45). The predicted molar refractivity (Wildman–Crippen MR) is 183 cm³/mol. The highest BCUT2D eigenvalue weighted by atomic mass is 16.6. The van der Waals surface area contributed by atoms with Crippen LogP contribution in [0, 0.1) is 23.7 Å². The Labute approximate surface area is 278 Å². The summed E-state index contributed by atoms with van der Waals surface area (Å²) >= 11 is 0. The minimum atomic E-state index is -0.914. The lowest BCUT2D eigenvalue weighted by molar-refractivity contribution is -0.128. The molecule has 2 atom stereocenters. The number of aryl methyl sites for hydroxylation is 1. The molecule has 47 heavy (non-hydrogen) atoms. The van der Waals surface area contributed by atoms with Crippen LogP contribution in [0.15, 0.2) is 51.8 Å². The number of rotatable bonds is 9. The molecule has 2 unspecified atom stereocenters. The van der Waals surface area contributed by atoms with Crippen molar-refractivity contribution >= 4 is 17.9 Å². The third-order valence-corrected chi connectivity index (χ3v) is 8.36. The van der Waals surface area contributed by atoms with Crippen molar-refractivity contribution in [2.75, 3.05) is 13.1 Å². The molecule has 1 aliphatic rings. The number of allylic oxidation sites excluding steroid dienone is 2. The van der Waals surface area contributed by atoms with Crippen LogP contribution in [0.1, 0.15) is 103 Å². The van der Waals surface area contributed by atoms with Gasteiger partial charge in [-0.2, -0.15) is 0 Å². The summed E-state index contributed by atoms with van der Waals surface area (Å²) in [5.74, 6) is -0.233. The summed E-state index contributed by atoms with van der Waals surface area (Å²) in [6, 6.07) is 5.96. The zero-order valence-electron chi connectivity index (χ0n) is 29.7. The second-order valence-electron chi connectivity index (χ2n) is 15.6. The van der Waals surface area contributed by atoms with E-state index in [1.165, 1.54) is 15.7 Å². The first-order valence-electron chi connectivity index (χ1n) is 16.3. The minimum Gasteiger partial charge on any atom is -0.444 e. The van der Waals surface area contributed by atoms with Gasteiger partial charge in [0.15, 0.2) is 0 Å². The number of carbonyl (C=O) groups is 3. The number of alkyl carbamates (subject to hydrolysis) is 1. The van der Waals surface area contributed by atoms with Gasteiger partial charge in [0.1, 0.15) is 11.6 Å². The van der Waals surface area contributed by atoms with E-state index in [-0.39, 0.29) is 31.0 Å². The lowest BCUT2D eigenvalue weighted by atomic mass is 9.74. The highest BCUT2D eigenvalue weighted by molar-refractivity contribution is 5.99. The number of nitrogens with zero attached hydrogens (tertiary/aromatic N) is 2. The molecule has 0 radical (unpaired) electrons. The quantitative estimate of drug-likeness (QED) is 0.344. The zero-order valence-corrected chi connectivity index (χ0v) is 29.7. The molecule has 3 N–H and O–H groups in total. The fourth-order valence-corrected chi connectivity index (χ4v) is 5.84. The van der Waals surface area contributed by atoms with E-state index in [1.54, 1.807) is 52.0 Å². The van der Waals surface area contributed by atoms with Crippen molar-refractivity contribution in [3.63, 3.8) is 0 Å². The number of benzene rings is 1. The van der Waals surface area contributed by atoms with Gasteiger partial charge in [-0.25, -0.2) is 9.59 Å². The molecule has 0 fully saturated rings. The van der Waals surface area contributed by atoms with Crippen molar-refractivity contribution in [3.05, 3.63) is 79.8 Å². The first-order chi connectivity index (χ1) is 21.7. The zero-order chi connectivity index (χ0) is 35.3. The van der Waals surface area contributed by atoms with Crippen LogP contribution in [0.25, 0.3) is 0 Å². The maximum absolute atomic E-state index is 14.5. The van der Waals surface area contributed by atoms with Gasteiger partial charge in [0.2, 0.25) is 5.91 Å². The number of hydrogen-bond acceptors (Lipinski definition) is 6. The number of amides is 3. The molecule has 1 heterocycles. The summed E-state index contributed by atoms with van der Waals surface area (Å²) in [5.41, 5.74) is -0.267. The number of hydrogen-bond donors (Lipinski definition) is 3. The summed E-state index contributed by atoms with van der Waals surface area (Å²) in [6.07, 6.45) is 5.46. The highest BCUT2D eigenvalue weighted by Crippen LogP contribution is 2.37. The molecule has 3 rings (SSSR count). The maximum Gasteiger partial charge on any atom is 0.407 e. The Morgan fingerprint density at radius 1 is 1.04 bits per heavy atom. The highest BCUT2D eigenvalue weighted by Gasteiger charge is 2.40. The van der Waals surface area contributed by atoms with Gasteiger partial charge in [-0.05, 0) is 75.3 Å². The lowest BCUT2D eigenvalue weighted by Gasteiger charge is -2.40. The van der Waals surface area contributed by atoms with E-state index in [0.29, 0.717) is 22.6 Å². The number of carbonyl (C=O) groups excluding carboxylic acids is 3. The van der Waals surface area contributed by atoms with E-state index in [9.17, 15) is 24.0 Å². The van der Waals surface area contributed by atoms with Crippen LogP contribution in [0.4, 0.5) is 4.79 Å². The average molecular weight is 652 g/mol. The number of aromatic nitrogens is 2. The normalized spacial score (nSPS) is 16.1. The fourth-order valence-electron chi connectivity index (χ4n) is 5.84. The largest absolute Gasteiger partial charge is 0.444 e. The van der Waals surface area contributed by atoms with E-state index in [4.69, 9.17) is 4.74 Å². The maximum atomic E-state index is 14.5. The lowest BCUT2D eigenvalue weighted by Crippen LogP contribution is -2.57. The van der Waals surface area contributed by atoms with Crippen LogP contribution in [0.5, 0.6) is 0 Å².